The predicted molar refractivity (Wildman–Crippen MR) is 77.7 cm³/mol. The summed E-state index contributed by atoms with van der Waals surface area (Å²) in [6.07, 6.45) is 1.68. The molecule has 0 aliphatic heterocycles. The Kier molecular flexibility index (Phi) is 5.08. The molecule has 20 heavy (non-hydrogen) atoms. The maximum absolute atomic E-state index is 12.3. The molecule has 0 saturated heterocycles. The molecule has 1 amide bonds. The smallest absolute Gasteiger partial charge is 0.228 e. The molecule has 0 aromatic carbocycles. The minimum absolute atomic E-state index is 0.0632. The number of carbonyl (C=O) groups excluding carboxylic acids is 1. The zero-order valence-electron chi connectivity index (χ0n) is 11.3. The van der Waals surface area contributed by atoms with Gasteiger partial charge in [0.05, 0.1) is 16.3 Å². The van der Waals surface area contributed by atoms with Crippen LogP contribution in [0.5, 0.6) is 0 Å². The van der Waals surface area contributed by atoms with Gasteiger partial charge in [-0.25, -0.2) is 0 Å². The number of thiophene rings is 1. The average molecular weight is 314 g/mol. The normalized spacial score (nSPS) is 13.9. The van der Waals surface area contributed by atoms with Gasteiger partial charge in [-0.1, -0.05) is 30.2 Å². The highest BCUT2D eigenvalue weighted by atomic mass is 35.5. The minimum atomic E-state index is -0.251. The summed E-state index contributed by atoms with van der Waals surface area (Å²) in [5, 5.41) is 16.8. The van der Waals surface area contributed by atoms with Crippen molar-refractivity contribution in [3.8, 4) is 0 Å². The Morgan fingerprint density at radius 2 is 2.35 bits per heavy atom. The van der Waals surface area contributed by atoms with Crippen LogP contribution in [0.2, 0.25) is 4.34 Å². The third kappa shape index (κ3) is 3.55. The van der Waals surface area contributed by atoms with E-state index in [9.17, 15) is 4.79 Å². The van der Waals surface area contributed by atoms with E-state index in [1.54, 1.807) is 6.07 Å². The molecule has 2 aromatic rings. The van der Waals surface area contributed by atoms with Crippen molar-refractivity contribution in [3.05, 3.63) is 27.2 Å². The molecule has 108 valence electrons. The van der Waals surface area contributed by atoms with Crippen LogP contribution in [0, 0.1) is 0 Å². The Morgan fingerprint density at radius 1 is 1.55 bits per heavy atom. The van der Waals surface area contributed by atoms with Crippen LogP contribution in [0.3, 0.4) is 0 Å². The lowest BCUT2D eigenvalue weighted by Gasteiger charge is -2.17. The number of rotatable bonds is 6. The van der Waals surface area contributed by atoms with Crippen LogP contribution in [-0.2, 0) is 4.79 Å². The van der Waals surface area contributed by atoms with Crippen molar-refractivity contribution in [2.45, 2.75) is 38.6 Å². The fraction of sp³-hybridized carbons (Fsp3) is 0.500. The van der Waals surface area contributed by atoms with Crippen molar-refractivity contribution in [2.24, 2.45) is 0 Å². The summed E-state index contributed by atoms with van der Waals surface area (Å²) >= 11 is 7.32. The molecule has 6 nitrogen and oxygen atoms in total. The Labute approximate surface area is 125 Å². The largest absolute Gasteiger partial charge is 0.345 e. The van der Waals surface area contributed by atoms with E-state index in [0.29, 0.717) is 10.2 Å². The van der Waals surface area contributed by atoms with Gasteiger partial charge in [0.15, 0.2) is 5.82 Å². The highest BCUT2D eigenvalue weighted by Crippen LogP contribution is 2.28. The van der Waals surface area contributed by atoms with Crippen LogP contribution in [0.25, 0.3) is 0 Å². The molecule has 8 heteroatoms. The lowest BCUT2D eigenvalue weighted by atomic mass is 10.1. The Morgan fingerprint density at radius 3 is 2.90 bits per heavy atom. The van der Waals surface area contributed by atoms with Crippen LogP contribution in [0.15, 0.2) is 12.1 Å². The molecule has 0 aliphatic rings. The molecule has 2 rings (SSSR count). The van der Waals surface area contributed by atoms with Crippen LogP contribution in [0.1, 0.15) is 49.4 Å². The Bertz CT molecular complexity index is 556. The van der Waals surface area contributed by atoms with E-state index in [1.165, 1.54) is 11.3 Å². The molecule has 0 unspecified atom stereocenters. The van der Waals surface area contributed by atoms with Crippen molar-refractivity contribution in [1.82, 2.24) is 25.9 Å². The van der Waals surface area contributed by atoms with Gasteiger partial charge in [0, 0.05) is 4.88 Å². The van der Waals surface area contributed by atoms with E-state index in [4.69, 9.17) is 11.6 Å². The Balaban J connectivity index is 2.04. The van der Waals surface area contributed by atoms with Gasteiger partial charge in [0.2, 0.25) is 5.91 Å². The molecular weight excluding hydrogens is 298 g/mol. The maximum atomic E-state index is 12.3. The summed E-state index contributed by atoms with van der Waals surface area (Å²) in [4.78, 5) is 13.2. The SMILES string of the molecule is CCC[C@@H](NC(=O)[C@H](C)c1ccc(Cl)s1)c1nn[nH]n1. The summed E-state index contributed by atoms with van der Waals surface area (Å²) < 4.78 is 0.683. The number of halogens is 1. The molecule has 0 spiro atoms. The number of aromatic amines is 1. The molecule has 2 heterocycles. The van der Waals surface area contributed by atoms with Crippen LogP contribution in [0.4, 0.5) is 0 Å². The maximum Gasteiger partial charge on any atom is 0.228 e. The number of tetrazole rings is 1. The van der Waals surface area contributed by atoms with E-state index in [1.807, 2.05) is 19.9 Å². The number of aromatic nitrogens is 4. The molecule has 2 N–H and O–H groups in total. The molecule has 0 saturated carbocycles. The number of hydrogen-bond donors (Lipinski definition) is 2. The number of carbonyl (C=O) groups is 1. The quantitative estimate of drug-likeness (QED) is 0.858. The van der Waals surface area contributed by atoms with Gasteiger partial charge in [-0.15, -0.1) is 21.5 Å². The first-order valence-corrected chi connectivity index (χ1v) is 7.60. The van der Waals surface area contributed by atoms with Gasteiger partial charge < -0.3 is 5.32 Å². The lowest BCUT2D eigenvalue weighted by molar-refractivity contribution is -0.123. The van der Waals surface area contributed by atoms with Crippen molar-refractivity contribution >= 4 is 28.8 Å². The average Bonchev–Trinajstić information content (AvgIpc) is 3.08. The van der Waals surface area contributed by atoms with Crippen molar-refractivity contribution < 1.29 is 4.79 Å². The lowest BCUT2D eigenvalue weighted by Crippen LogP contribution is -2.32. The van der Waals surface area contributed by atoms with E-state index >= 15 is 0 Å². The minimum Gasteiger partial charge on any atom is -0.345 e. The summed E-state index contributed by atoms with van der Waals surface area (Å²) in [6.45, 7) is 3.90. The second kappa shape index (κ2) is 6.81. The molecule has 0 radical (unpaired) electrons. The fourth-order valence-corrected chi connectivity index (χ4v) is 2.97. The van der Waals surface area contributed by atoms with Gasteiger partial charge in [-0.05, 0) is 25.5 Å². The number of H-pyrrole nitrogens is 1. The topological polar surface area (TPSA) is 83.6 Å². The second-order valence-corrected chi connectivity index (χ2v) is 6.23. The molecule has 2 atom stereocenters. The standard InChI is InChI=1S/C12H16ClN5OS/c1-3-4-8(11-15-17-18-16-11)14-12(19)7(2)9-5-6-10(13)20-9/h5-8H,3-4H2,1-2H3,(H,14,19)(H,15,16,17,18)/t7-,8-/m1/s1. The molecule has 0 aliphatic carbocycles. The summed E-state index contributed by atoms with van der Waals surface area (Å²) in [5.74, 6) is 0.196. The first-order valence-electron chi connectivity index (χ1n) is 6.40. The van der Waals surface area contributed by atoms with Gasteiger partial charge in [0.25, 0.3) is 0 Å². The highest BCUT2D eigenvalue weighted by Gasteiger charge is 2.23. The number of hydrogen-bond acceptors (Lipinski definition) is 5. The van der Waals surface area contributed by atoms with E-state index in [0.717, 1.165) is 17.7 Å². The number of nitrogens with zero attached hydrogens (tertiary/aromatic N) is 3. The zero-order valence-corrected chi connectivity index (χ0v) is 12.8. The van der Waals surface area contributed by atoms with Crippen molar-refractivity contribution in [1.29, 1.82) is 0 Å². The number of nitrogens with one attached hydrogen (secondary N) is 2. The second-order valence-electron chi connectivity index (χ2n) is 4.48. The summed E-state index contributed by atoms with van der Waals surface area (Å²) in [5.41, 5.74) is 0. The zero-order chi connectivity index (χ0) is 14.5. The first-order chi connectivity index (χ1) is 9.61. The monoisotopic (exact) mass is 313 g/mol. The van der Waals surface area contributed by atoms with E-state index in [-0.39, 0.29) is 17.9 Å². The highest BCUT2D eigenvalue weighted by molar-refractivity contribution is 7.16. The third-order valence-electron chi connectivity index (χ3n) is 2.98. The molecular formula is C12H16ClN5OS. The van der Waals surface area contributed by atoms with Crippen molar-refractivity contribution in [3.63, 3.8) is 0 Å². The van der Waals surface area contributed by atoms with E-state index < -0.39 is 0 Å². The van der Waals surface area contributed by atoms with Crippen LogP contribution >= 0.6 is 22.9 Å². The number of amides is 1. The molecule has 2 aromatic heterocycles. The van der Waals surface area contributed by atoms with Gasteiger partial charge in [0.1, 0.15) is 0 Å². The predicted octanol–water partition coefficient (Wildman–Crippen LogP) is 2.68. The molecule has 0 fully saturated rings. The van der Waals surface area contributed by atoms with Crippen LogP contribution < -0.4 is 5.32 Å². The van der Waals surface area contributed by atoms with Gasteiger partial charge >= 0.3 is 0 Å². The molecule has 0 bridgehead atoms. The Hall–Kier alpha value is -1.47. The van der Waals surface area contributed by atoms with Gasteiger partial charge in [-0.2, -0.15) is 5.21 Å². The summed E-state index contributed by atoms with van der Waals surface area (Å²) in [6, 6.07) is 3.46. The third-order valence-corrected chi connectivity index (χ3v) is 4.40. The van der Waals surface area contributed by atoms with Crippen LogP contribution in [-0.4, -0.2) is 26.5 Å². The van der Waals surface area contributed by atoms with Gasteiger partial charge in [-0.3, -0.25) is 4.79 Å². The van der Waals surface area contributed by atoms with E-state index in [2.05, 4.69) is 25.9 Å². The first kappa shape index (κ1) is 14.9. The van der Waals surface area contributed by atoms with Crippen molar-refractivity contribution in [2.75, 3.05) is 0 Å². The fourth-order valence-electron chi connectivity index (χ4n) is 1.86. The summed E-state index contributed by atoms with van der Waals surface area (Å²) in [7, 11) is 0.